The van der Waals surface area contributed by atoms with Crippen molar-refractivity contribution in [1.82, 2.24) is 0 Å². The summed E-state index contributed by atoms with van der Waals surface area (Å²) in [7, 11) is 0. The minimum Gasteiger partial charge on any atom is -0.384 e. The Bertz CT molecular complexity index is 331. The zero-order valence-electron chi connectivity index (χ0n) is 7.84. The molecule has 1 N–H and O–H groups in total. The van der Waals surface area contributed by atoms with Gasteiger partial charge in [0.15, 0.2) is 0 Å². The molecule has 1 aromatic carbocycles. The first-order chi connectivity index (χ1) is 6.02. The Labute approximate surface area is 87.2 Å². The Morgan fingerprint density at radius 2 is 2.15 bits per heavy atom. The average molecular weight is 241 g/mol. The number of aryl methyl sites for hydroxylation is 1. The number of aliphatic hydroxyl groups excluding tert-OH is 1. The molecule has 2 heteroatoms. The fourth-order valence-electron chi connectivity index (χ4n) is 1.06. The largest absolute Gasteiger partial charge is 0.384 e. The number of hydrogen-bond acceptors (Lipinski definition) is 1. The molecule has 0 fully saturated rings. The minimum atomic E-state index is -0.558. The molecule has 0 aliphatic heterocycles. The third-order valence-electron chi connectivity index (χ3n) is 1.98. The van der Waals surface area contributed by atoms with Crippen LogP contribution in [0.25, 0.3) is 0 Å². The summed E-state index contributed by atoms with van der Waals surface area (Å²) < 4.78 is 1.02. The fourth-order valence-corrected chi connectivity index (χ4v) is 1.46. The van der Waals surface area contributed by atoms with Crippen molar-refractivity contribution < 1.29 is 5.11 Å². The molecular weight excluding hydrogens is 228 g/mol. The number of benzene rings is 1. The molecule has 0 aliphatic rings. The summed E-state index contributed by atoms with van der Waals surface area (Å²) in [5.74, 6) is 0. The first-order valence-corrected chi connectivity index (χ1v) is 4.91. The van der Waals surface area contributed by atoms with Gasteiger partial charge in [0.1, 0.15) is 0 Å². The molecule has 1 unspecified atom stereocenters. The van der Waals surface area contributed by atoms with Crippen molar-refractivity contribution in [3.63, 3.8) is 0 Å². The zero-order valence-corrected chi connectivity index (χ0v) is 9.43. The summed E-state index contributed by atoms with van der Waals surface area (Å²) in [5.41, 5.74) is 2.80. The van der Waals surface area contributed by atoms with Gasteiger partial charge in [-0.05, 0) is 36.6 Å². The second-order valence-corrected chi connectivity index (χ2v) is 4.11. The quantitative estimate of drug-likeness (QED) is 0.787. The van der Waals surface area contributed by atoms with Crippen molar-refractivity contribution >= 4 is 15.9 Å². The molecule has 0 spiro atoms. The molecule has 0 heterocycles. The van der Waals surface area contributed by atoms with Crippen molar-refractivity contribution in [2.45, 2.75) is 20.0 Å². The minimum absolute atomic E-state index is 0.558. The molecule has 1 nitrogen and oxygen atoms in total. The van der Waals surface area contributed by atoms with Crippen molar-refractivity contribution in [3.05, 3.63) is 46.0 Å². The summed E-state index contributed by atoms with van der Waals surface area (Å²) in [4.78, 5) is 0. The van der Waals surface area contributed by atoms with E-state index in [1.807, 2.05) is 32.0 Å². The maximum atomic E-state index is 9.69. The van der Waals surface area contributed by atoms with Crippen molar-refractivity contribution in [1.29, 1.82) is 0 Å². The van der Waals surface area contributed by atoms with Gasteiger partial charge in [-0.2, -0.15) is 0 Å². The predicted octanol–water partition coefficient (Wildman–Crippen LogP) is 3.37. The van der Waals surface area contributed by atoms with Gasteiger partial charge in [-0.15, -0.1) is 0 Å². The van der Waals surface area contributed by atoms with Crippen LogP contribution >= 0.6 is 15.9 Å². The predicted molar refractivity (Wildman–Crippen MR) is 58.7 cm³/mol. The Morgan fingerprint density at radius 1 is 1.54 bits per heavy atom. The van der Waals surface area contributed by atoms with Crippen LogP contribution in [-0.4, -0.2) is 5.11 Å². The Kier molecular flexibility index (Phi) is 3.28. The lowest BCUT2D eigenvalue weighted by Gasteiger charge is -2.11. The third-order valence-corrected chi connectivity index (χ3v) is 2.83. The molecule has 1 aromatic rings. The summed E-state index contributed by atoms with van der Waals surface area (Å²) in [6, 6.07) is 5.82. The smallest absolute Gasteiger partial charge is 0.0996 e. The van der Waals surface area contributed by atoms with Gasteiger partial charge in [0.2, 0.25) is 0 Å². The summed E-state index contributed by atoms with van der Waals surface area (Å²) in [6.07, 6.45) is -0.558. The van der Waals surface area contributed by atoms with Crippen LogP contribution < -0.4 is 0 Å². The second kappa shape index (κ2) is 4.07. The standard InChI is InChI=1S/C11H13BrO/c1-7(2)11(13)9-5-4-8(3)10(12)6-9/h4-6,11,13H,1H2,2-3H3. The van der Waals surface area contributed by atoms with Gasteiger partial charge in [0, 0.05) is 4.47 Å². The van der Waals surface area contributed by atoms with Crippen molar-refractivity contribution in [3.8, 4) is 0 Å². The summed E-state index contributed by atoms with van der Waals surface area (Å²) in [6.45, 7) is 7.55. The van der Waals surface area contributed by atoms with Gasteiger partial charge in [0.25, 0.3) is 0 Å². The van der Waals surface area contributed by atoms with Gasteiger partial charge in [-0.3, -0.25) is 0 Å². The lowest BCUT2D eigenvalue weighted by molar-refractivity contribution is 0.216. The Balaban J connectivity index is 3.03. The van der Waals surface area contributed by atoms with E-state index in [1.165, 1.54) is 0 Å². The highest BCUT2D eigenvalue weighted by Crippen LogP contribution is 2.24. The highest BCUT2D eigenvalue weighted by atomic mass is 79.9. The van der Waals surface area contributed by atoms with E-state index in [9.17, 15) is 5.11 Å². The van der Waals surface area contributed by atoms with Crippen LogP contribution in [0.2, 0.25) is 0 Å². The maximum Gasteiger partial charge on any atom is 0.0996 e. The first-order valence-electron chi connectivity index (χ1n) is 4.12. The molecule has 0 saturated carbocycles. The number of halogens is 1. The lowest BCUT2D eigenvalue weighted by Crippen LogP contribution is -1.97. The first kappa shape index (κ1) is 10.5. The van der Waals surface area contributed by atoms with E-state index < -0.39 is 6.10 Å². The third kappa shape index (κ3) is 2.42. The highest BCUT2D eigenvalue weighted by molar-refractivity contribution is 9.10. The Hall–Kier alpha value is -0.600. The molecule has 0 aliphatic carbocycles. The fraction of sp³-hybridized carbons (Fsp3) is 0.273. The summed E-state index contributed by atoms with van der Waals surface area (Å²) >= 11 is 3.42. The average Bonchev–Trinajstić information content (AvgIpc) is 2.08. The SMILES string of the molecule is C=C(C)C(O)c1ccc(C)c(Br)c1. The molecule has 0 saturated heterocycles. The van der Waals surface area contributed by atoms with E-state index in [1.54, 1.807) is 0 Å². The topological polar surface area (TPSA) is 20.2 Å². The number of hydrogen-bond donors (Lipinski definition) is 1. The van der Waals surface area contributed by atoms with E-state index >= 15 is 0 Å². The molecule has 1 rings (SSSR count). The molecule has 13 heavy (non-hydrogen) atoms. The molecule has 0 amide bonds. The van der Waals surface area contributed by atoms with E-state index in [-0.39, 0.29) is 0 Å². The van der Waals surface area contributed by atoms with Gasteiger partial charge >= 0.3 is 0 Å². The molecule has 1 atom stereocenters. The molecule has 70 valence electrons. The van der Waals surface area contributed by atoms with Crippen LogP contribution in [-0.2, 0) is 0 Å². The maximum absolute atomic E-state index is 9.69. The van der Waals surface area contributed by atoms with Crippen LogP contribution in [0.15, 0.2) is 34.8 Å². The van der Waals surface area contributed by atoms with Gasteiger partial charge in [-0.1, -0.05) is 34.6 Å². The molecule has 0 bridgehead atoms. The molecular formula is C11H13BrO. The van der Waals surface area contributed by atoms with Crippen LogP contribution in [0.4, 0.5) is 0 Å². The summed E-state index contributed by atoms with van der Waals surface area (Å²) in [5, 5.41) is 9.69. The highest BCUT2D eigenvalue weighted by Gasteiger charge is 2.08. The number of aliphatic hydroxyl groups is 1. The Morgan fingerprint density at radius 3 is 2.62 bits per heavy atom. The second-order valence-electron chi connectivity index (χ2n) is 3.26. The van der Waals surface area contributed by atoms with Crippen molar-refractivity contribution in [2.24, 2.45) is 0 Å². The van der Waals surface area contributed by atoms with Crippen LogP contribution in [0.1, 0.15) is 24.2 Å². The van der Waals surface area contributed by atoms with Gasteiger partial charge < -0.3 is 5.11 Å². The van der Waals surface area contributed by atoms with E-state index in [2.05, 4.69) is 22.5 Å². The van der Waals surface area contributed by atoms with E-state index in [4.69, 9.17) is 0 Å². The van der Waals surface area contributed by atoms with E-state index in [0.29, 0.717) is 0 Å². The molecule has 0 aromatic heterocycles. The van der Waals surface area contributed by atoms with Crippen molar-refractivity contribution in [2.75, 3.05) is 0 Å². The van der Waals surface area contributed by atoms with Crippen LogP contribution in [0, 0.1) is 6.92 Å². The van der Waals surface area contributed by atoms with E-state index in [0.717, 1.165) is 21.2 Å². The van der Waals surface area contributed by atoms with Crippen LogP contribution in [0.3, 0.4) is 0 Å². The normalized spacial score (nSPS) is 12.6. The molecule has 0 radical (unpaired) electrons. The lowest BCUT2D eigenvalue weighted by atomic mass is 10.0. The monoisotopic (exact) mass is 240 g/mol. The number of rotatable bonds is 2. The van der Waals surface area contributed by atoms with Gasteiger partial charge in [0.05, 0.1) is 6.10 Å². The van der Waals surface area contributed by atoms with Gasteiger partial charge in [-0.25, -0.2) is 0 Å². The zero-order chi connectivity index (χ0) is 10.0. The van der Waals surface area contributed by atoms with Crippen LogP contribution in [0.5, 0.6) is 0 Å².